The van der Waals surface area contributed by atoms with Gasteiger partial charge in [-0.15, -0.1) is 0 Å². The summed E-state index contributed by atoms with van der Waals surface area (Å²) in [6.07, 6.45) is 7.24. The number of rotatable bonds is 4. The maximum absolute atomic E-state index is 13.0. The van der Waals surface area contributed by atoms with Gasteiger partial charge in [0.2, 0.25) is 11.8 Å². The first kappa shape index (κ1) is 16.6. The van der Waals surface area contributed by atoms with Crippen LogP contribution < -0.4 is 5.32 Å². The number of likely N-dealkylation sites (tertiary alicyclic amines) is 1. The first-order valence-corrected chi connectivity index (χ1v) is 9.48. The van der Waals surface area contributed by atoms with E-state index < -0.39 is 0 Å². The molecule has 1 saturated heterocycles. The zero-order valence-electron chi connectivity index (χ0n) is 14.4. The van der Waals surface area contributed by atoms with E-state index in [-0.39, 0.29) is 35.6 Å². The van der Waals surface area contributed by atoms with E-state index >= 15 is 0 Å². The highest BCUT2D eigenvalue weighted by atomic mass is 19.1. The highest BCUT2D eigenvalue weighted by Crippen LogP contribution is 2.43. The molecule has 1 heterocycles. The molecule has 2 aliphatic carbocycles. The Kier molecular flexibility index (Phi) is 4.48. The van der Waals surface area contributed by atoms with Gasteiger partial charge in [-0.2, -0.15) is 0 Å². The van der Waals surface area contributed by atoms with Crippen molar-refractivity contribution in [1.29, 1.82) is 0 Å². The lowest BCUT2D eigenvalue weighted by Gasteiger charge is -2.33. The number of carbonyl (C=O) groups is 2. The van der Waals surface area contributed by atoms with Gasteiger partial charge < -0.3 is 10.2 Å². The smallest absolute Gasteiger partial charge is 0.243 e. The molecule has 3 aliphatic rings. The monoisotopic (exact) mass is 344 g/mol. The highest BCUT2D eigenvalue weighted by molar-refractivity contribution is 5.90. The van der Waals surface area contributed by atoms with Gasteiger partial charge in [0.25, 0.3) is 0 Å². The van der Waals surface area contributed by atoms with Crippen LogP contribution in [0.3, 0.4) is 0 Å². The first-order chi connectivity index (χ1) is 12.1. The van der Waals surface area contributed by atoms with Crippen molar-refractivity contribution in [2.45, 2.75) is 63.6 Å². The molecular weight excluding hydrogens is 319 g/mol. The predicted octanol–water partition coefficient (Wildman–Crippen LogP) is 3.01. The Morgan fingerprint density at radius 3 is 2.52 bits per heavy atom. The second-order valence-corrected chi connectivity index (χ2v) is 7.73. The maximum Gasteiger partial charge on any atom is 0.243 e. The van der Waals surface area contributed by atoms with E-state index in [1.807, 2.05) is 4.90 Å². The zero-order valence-corrected chi connectivity index (χ0v) is 14.4. The largest absolute Gasteiger partial charge is 0.350 e. The van der Waals surface area contributed by atoms with Crippen molar-refractivity contribution >= 4 is 11.8 Å². The Balaban J connectivity index is 1.45. The van der Waals surface area contributed by atoms with Crippen LogP contribution in [0.25, 0.3) is 0 Å². The van der Waals surface area contributed by atoms with Gasteiger partial charge >= 0.3 is 0 Å². The number of amides is 2. The molecule has 3 atom stereocenters. The van der Waals surface area contributed by atoms with E-state index in [1.165, 1.54) is 18.6 Å². The highest BCUT2D eigenvalue weighted by Gasteiger charge is 2.50. The van der Waals surface area contributed by atoms with E-state index in [0.717, 1.165) is 44.1 Å². The van der Waals surface area contributed by atoms with Crippen molar-refractivity contribution in [1.82, 2.24) is 10.2 Å². The molecule has 2 saturated carbocycles. The molecule has 1 aromatic carbocycles. The average Bonchev–Trinajstić information content (AvgIpc) is 3.40. The lowest BCUT2D eigenvalue weighted by Crippen LogP contribution is -2.50. The molecule has 4 nitrogen and oxygen atoms in total. The minimum Gasteiger partial charge on any atom is -0.350 e. The van der Waals surface area contributed by atoms with Crippen LogP contribution in [-0.4, -0.2) is 28.8 Å². The third kappa shape index (κ3) is 3.42. The number of hydrogen-bond donors (Lipinski definition) is 1. The molecule has 0 bridgehead atoms. The van der Waals surface area contributed by atoms with Crippen molar-refractivity contribution in [3.63, 3.8) is 0 Å². The summed E-state index contributed by atoms with van der Waals surface area (Å²) in [4.78, 5) is 27.5. The van der Waals surface area contributed by atoms with Crippen LogP contribution in [-0.2, 0) is 16.1 Å². The number of nitrogens with zero attached hydrogens (tertiary/aromatic N) is 1. The number of hydrogen-bond acceptors (Lipinski definition) is 2. The van der Waals surface area contributed by atoms with Crippen LogP contribution in [0.1, 0.15) is 50.5 Å². The van der Waals surface area contributed by atoms with Gasteiger partial charge in [-0.1, -0.05) is 25.0 Å². The summed E-state index contributed by atoms with van der Waals surface area (Å²) in [5.74, 6) is 0.464. The van der Waals surface area contributed by atoms with Gasteiger partial charge in [0.1, 0.15) is 11.9 Å². The van der Waals surface area contributed by atoms with Gasteiger partial charge in [-0.3, -0.25) is 9.59 Å². The lowest BCUT2D eigenvalue weighted by molar-refractivity contribution is -0.142. The standard InChI is InChI=1S/C20H25FN2O2/c21-16-9-5-13(6-10-16)12-22-19(24)18-11-15-3-1-2-4-17(15)23(18)20(25)14-7-8-14/h5-6,9-10,14-15,17-18H,1-4,7-8,11-12H2,(H,22,24). The molecule has 4 rings (SSSR count). The van der Waals surface area contributed by atoms with Crippen molar-refractivity contribution in [3.05, 3.63) is 35.6 Å². The summed E-state index contributed by atoms with van der Waals surface area (Å²) in [5, 5.41) is 2.96. The van der Waals surface area contributed by atoms with E-state index in [2.05, 4.69) is 5.32 Å². The van der Waals surface area contributed by atoms with Crippen molar-refractivity contribution in [3.8, 4) is 0 Å². The second kappa shape index (κ2) is 6.77. The van der Waals surface area contributed by atoms with Crippen LogP contribution in [0.2, 0.25) is 0 Å². The fourth-order valence-electron chi connectivity index (χ4n) is 4.46. The van der Waals surface area contributed by atoms with E-state index in [9.17, 15) is 14.0 Å². The maximum atomic E-state index is 13.0. The number of carbonyl (C=O) groups excluding carboxylic acids is 2. The number of halogens is 1. The van der Waals surface area contributed by atoms with E-state index in [0.29, 0.717) is 12.5 Å². The van der Waals surface area contributed by atoms with Gasteiger partial charge in [-0.25, -0.2) is 4.39 Å². The zero-order chi connectivity index (χ0) is 17.4. The summed E-state index contributed by atoms with van der Waals surface area (Å²) in [7, 11) is 0. The van der Waals surface area contributed by atoms with Crippen molar-refractivity contribution < 1.29 is 14.0 Å². The lowest BCUT2D eigenvalue weighted by atomic mass is 9.84. The number of nitrogens with one attached hydrogen (secondary N) is 1. The van der Waals surface area contributed by atoms with Crippen molar-refractivity contribution in [2.24, 2.45) is 11.8 Å². The molecular formula is C20H25FN2O2. The van der Waals surface area contributed by atoms with Crippen LogP contribution >= 0.6 is 0 Å². The Morgan fingerprint density at radius 1 is 1.08 bits per heavy atom. The molecule has 25 heavy (non-hydrogen) atoms. The third-order valence-electron chi connectivity index (χ3n) is 5.95. The molecule has 1 aliphatic heterocycles. The van der Waals surface area contributed by atoms with Gasteiger partial charge in [0, 0.05) is 18.5 Å². The summed E-state index contributed by atoms with van der Waals surface area (Å²) < 4.78 is 13.0. The molecule has 0 spiro atoms. The fourth-order valence-corrected chi connectivity index (χ4v) is 4.46. The van der Waals surface area contributed by atoms with Crippen LogP contribution in [0.15, 0.2) is 24.3 Å². The van der Waals surface area contributed by atoms with Crippen molar-refractivity contribution in [2.75, 3.05) is 0 Å². The Bertz CT molecular complexity index is 656. The minimum atomic E-state index is -0.332. The summed E-state index contributed by atoms with van der Waals surface area (Å²) in [6.45, 7) is 0.371. The molecule has 134 valence electrons. The molecule has 1 aromatic rings. The Morgan fingerprint density at radius 2 is 1.80 bits per heavy atom. The first-order valence-electron chi connectivity index (χ1n) is 9.48. The molecule has 2 amide bonds. The summed E-state index contributed by atoms with van der Waals surface area (Å²) >= 11 is 0. The number of benzene rings is 1. The summed E-state index contributed by atoms with van der Waals surface area (Å²) in [6, 6.07) is 6.07. The number of fused-ring (bicyclic) bond motifs is 1. The normalized spacial score (nSPS) is 28.5. The van der Waals surface area contributed by atoms with Gasteiger partial charge in [-0.05, 0) is 55.7 Å². The topological polar surface area (TPSA) is 49.4 Å². The molecule has 3 fully saturated rings. The SMILES string of the molecule is O=C(NCc1ccc(F)cc1)C1CC2CCCCC2N1C(=O)C1CC1. The quantitative estimate of drug-likeness (QED) is 0.913. The average molecular weight is 344 g/mol. The van der Waals surface area contributed by atoms with E-state index in [1.54, 1.807) is 12.1 Å². The van der Waals surface area contributed by atoms with Crippen LogP contribution in [0.4, 0.5) is 4.39 Å². The van der Waals surface area contributed by atoms with Crippen LogP contribution in [0, 0.1) is 17.7 Å². The summed E-state index contributed by atoms with van der Waals surface area (Å²) in [5.41, 5.74) is 0.866. The van der Waals surface area contributed by atoms with E-state index in [4.69, 9.17) is 0 Å². The predicted molar refractivity (Wildman–Crippen MR) is 92.0 cm³/mol. The molecule has 0 aromatic heterocycles. The molecule has 3 unspecified atom stereocenters. The molecule has 5 heteroatoms. The minimum absolute atomic E-state index is 0.0623. The Labute approximate surface area is 147 Å². The fraction of sp³-hybridized carbons (Fsp3) is 0.600. The van der Waals surface area contributed by atoms with Gasteiger partial charge in [0.15, 0.2) is 0 Å². The Hall–Kier alpha value is -1.91. The molecule has 1 N–H and O–H groups in total. The third-order valence-corrected chi connectivity index (χ3v) is 5.95. The van der Waals surface area contributed by atoms with Crippen LogP contribution in [0.5, 0.6) is 0 Å². The molecule has 0 radical (unpaired) electrons. The second-order valence-electron chi connectivity index (χ2n) is 7.73. The van der Waals surface area contributed by atoms with Gasteiger partial charge in [0.05, 0.1) is 0 Å².